The maximum atomic E-state index is 11.7. The molecule has 0 saturated heterocycles. The van der Waals surface area contributed by atoms with Crippen LogP contribution in [0.4, 0.5) is 0 Å². The van der Waals surface area contributed by atoms with Gasteiger partial charge in [0.15, 0.2) is 0 Å². The van der Waals surface area contributed by atoms with E-state index >= 15 is 0 Å². The second-order valence-electron chi connectivity index (χ2n) is 5.67. The first kappa shape index (κ1) is 16.6. The molecule has 0 aromatic heterocycles. The van der Waals surface area contributed by atoms with Crippen molar-refractivity contribution in [1.29, 1.82) is 0 Å². The molecule has 1 saturated carbocycles. The van der Waals surface area contributed by atoms with Crippen molar-refractivity contribution in [3.63, 3.8) is 0 Å². The lowest BCUT2D eigenvalue weighted by Gasteiger charge is -2.18. The molecule has 1 aliphatic rings. The van der Waals surface area contributed by atoms with Crippen molar-refractivity contribution in [2.75, 3.05) is 13.7 Å². The van der Waals surface area contributed by atoms with Gasteiger partial charge in [-0.25, -0.2) is 0 Å². The Bertz CT molecular complexity index is 485. The van der Waals surface area contributed by atoms with Crippen LogP contribution in [-0.4, -0.2) is 25.7 Å². The Morgan fingerprint density at radius 3 is 2.82 bits per heavy atom. The number of rotatable bonds is 8. The standard InChI is InChI=1S/C17H26N2O3/c1-21-15-9-8-13(12-19-17(20)7-4-10-18)16(11-15)22-14-5-2-3-6-14/h8-9,11,14H,2-7,10,12,18H2,1H3,(H,19,20). The fraction of sp³-hybridized carbons (Fsp3) is 0.588. The molecule has 0 unspecified atom stereocenters. The van der Waals surface area contributed by atoms with Crippen LogP contribution in [-0.2, 0) is 11.3 Å². The molecular weight excluding hydrogens is 280 g/mol. The number of carbonyl (C=O) groups is 1. The molecule has 1 aromatic carbocycles. The Balaban J connectivity index is 1.99. The van der Waals surface area contributed by atoms with Gasteiger partial charge in [0.05, 0.1) is 13.2 Å². The minimum Gasteiger partial charge on any atom is -0.497 e. The number of methoxy groups -OCH3 is 1. The smallest absolute Gasteiger partial charge is 0.220 e. The molecule has 3 N–H and O–H groups in total. The first-order valence-corrected chi connectivity index (χ1v) is 8.03. The first-order chi connectivity index (χ1) is 10.7. The number of benzene rings is 1. The topological polar surface area (TPSA) is 73.6 Å². The zero-order valence-corrected chi connectivity index (χ0v) is 13.3. The normalized spacial score (nSPS) is 14.8. The van der Waals surface area contributed by atoms with Crippen molar-refractivity contribution in [3.8, 4) is 11.5 Å². The summed E-state index contributed by atoms with van der Waals surface area (Å²) in [4.78, 5) is 11.7. The van der Waals surface area contributed by atoms with Crippen molar-refractivity contribution < 1.29 is 14.3 Å². The van der Waals surface area contributed by atoms with E-state index in [2.05, 4.69) is 5.32 Å². The summed E-state index contributed by atoms with van der Waals surface area (Å²) in [5.74, 6) is 1.60. The maximum absolute atomic E-state index is 11.7. The number of hydrogen-bond donors (Lipinski definition) is 2. The van der Waals surface area contributed by atoms with Crippen LogP contribution in [0.5, 0.6) is 11.5 Å². The van der Waals surface area contributed by atoms with Crippen LogP contribution in [0, 0.1) is 0 Å². The van der Waals surface area contributed by atoms with Crippen LogP contribution < -0.4 is 20.5 Å². The Morgan fingerprint density at radius 2 is 2.14 bits per heavy atom. The summed E-state index contributed by atoms with van der Waals surface area (Å²) in [6.07, 6.45) is 6.09. The molecule has 0 spiro atoms. The number of hydrogen-bond acceptors (Lipinski definition) is 4. The predicted octanol–water partition coefficient (Wildman–Crippen LogP) is 2.37. The molecular formula is C17H26N2O3. The molecule has 5 heteroatoms. The van der Waals surface area contributed by atoms with E-state index in [9.17, 15) is 4.79 Å². The lowest BCUT2D eigenvalue weighted by Crippen LogP contribution is -2.24. The van der Waals surface area contributed by atoms with Gasteiger partial charge in [0.2, 0.25) is 5.91 Å². The van der Waals surface area contributed by atoms with Gasteiger partial charge < -0.3 is 20.5 Å². The first-order valence-electron chi connectivity index (χ1n) is 8.03. The van der Waals surface area contributed by atoms with Crippen LogP contribution in [0.25, 0.3) is 0 Å². The van der Waals surface area contributed by atoms with Crippen LogP contribution in [0.1, 0.15) is 44.1 Å². The average Bonchev–Trinajstić information content (AvgIpc) is 3.04. The SMILES string of the molecule is COc1ccc(CNC(=O)CCCN)c(OC2CCCC2)c1. The van der Waals surface area contributed by atoms with Gasteiger partial charge >= 0.3 is 0 Å². The summed E-state index contributed by atoms with van der Waals surface area (Å²) < 4.78 is 11.4. The highest BCUT2D eigenvalue weighted by Crippen LogP contribution is 2.29. The molecule has 0 atom stereocenters. The van der Waals surface area contributed by atoms with E-state index in [1.165, 1.54) is 12.8 Å². The molecule has 1 amide bonds. The molecule has 0 radical (unpaired) electrons. The highest BCUT2D eigenvalue weighted by atomic mass is 16.5. The summed E-state index contributed by atoms with van der Waals surface area (Å²) in [6, 6.07) is 5.74. The van der Waals surface area contributed by atoms with Crippen molar-refractivity contribution >= 4 is 5.91 Å². The van der Waals surface area contributed by atoms with E-state index in [1.54, 1.807) is 7.11 Å². The predicted molar refractivity (Wildman–Crippen MR) is 86.0 cm³/mol. The lowest BCUT2D eigenvalue weighted by atomic mass is 10.1. The van der Waals surface area contributed by atoms with Crippen molar-refractivity contribution in [3.05, 3.63) is 23.8 Å². The van der Waals surface area contributed by atoms with Crippen molar-refractivity contribution in [1.82, 2.24) is 5.32 Å². The molecule has 1 aromatic rings. The van der Waals surface area contributed by atoms with Gasteiger partial charge in [0, 0.05) is 24.6 Å². The van der Waals surface area contributed by atoms with E-state index in [0.29, 0.717) is 25.9 Å². The van der Waals surface area contributed by atoms with E-state index in [0.717, 1.165) is 29.9 Å². The summed E-state index contributed by atoms with van der Waals surface area (Å²) in [5.41, 5.74) is 6.40. The zero-order chi connectivity index (χ0) is 15.8. The third-order valence-corrected chi connectivity index (χ3v) is 3.95. The quantitative estimate of drug-likeness (QED) is 0.773. The number of nitrogens with two attached hydrogens (primary N) is 1. The van der Waals surface area contributed by atoms with Crippen LogP contribution >= 0.6 is 0 Å². The highest BCUT2D eigenvalue weighted by Gasteiger charge is 2.18. The van der Waals surface area contributed by atoms with E-state index in [-0.39, 0.29) is 12.0 Å². The van der Waals surface area contributed by atoms with Gasteiger partial charge in [-0.1, -0.05) is 0 Å². The molecule has 0 aliphatic heterocycles. The Morgan fingerprint density at radius 1 is 1.36 bits per heavy atom. The van der Waals surface area contributed by atoms with Gasteiger partial charge in [-0.15, -0.1) is 0 Å². The summed E-state index contributed by atoms with van der Waals surface area (Å²) in [6.45, 7) is 1.00. The van der Waals surface area contributed by atoms with E-state index in [4.69, 9.17) is 15.2 Å². The number of ether oxygens (including phenoxy) is 2. The molecule has 0 heterocycles. The van der Waals surface area contributed by atoms with Crippen molar-refractivity contribution in [2.24, 2.45) is 5.73 Å². The third-order valence-electron chi connectivity index (χ3n) is 3.95. The molecule has 122 valence electrons. The molecule has 0 bridgehead atoms. The largest absolute Gasteiger partial charge is 0.497 e. The Kier molecular flexibility index (Phi) is 6.52. The molecule has 22 heavy (non-hydrogen) atoms. The summed E-state index contributed by atoms with van der Waals surface area (Å²) in [7, 11) is 1.64. The summed E-state index contributed by atoms with van der Waals surface area (Å²) in [5, 5.41) is 2.92. The number of carbonyl (C=O) groups excluding carboxylic acids is 1. The van der Waals surface area contributed by atoms with Gasteiger partial charge in [0.25, 0.3) is 0 Å². The van der Waals surface area contributed by atoms with E-state index in [1.807, 2.05) is 18.2 Å². The van der Waals surface area contributed by atoms with Gasteiger partial charge in [-0.05, 0) is 50.8 Å². The lowest BCUT2D eigenvalue weighted by molar-refractivity contribution is -0.121. The summed E-state index contributed by atoms with van der Waals surface area (Å²) >= 11 is 0. The monoisotopic (exact) mass is 306 g/mol. The van der Waals surface area contributed by atoms with Crippen LogP contribution in [0.15, 0.2) is 18.2 Å². The fourth-order valence-electron chi connectivity index (χ4n) is 2.65. The van der Waals surface area contributed by atoms with E-state index < -0.39 is 0 Å². The van der Waals surface area contributed by atoms with Crippen LogP contribution in [0.3, 0.4) is 0 Å². The number of nitrogens with one attached hydrogen (secondary N) is 1. The molecule has 1 fully saturated rings. The Labute approximate surface area is 132 Å². The second-order valence-corrected chi connectivity index (χ2v) is 5.67. The van der Waals surface area contributed by atoms with Gasteiger partial charge in [0.1, 0.15) is 11.5 Å². The molecule has 1 aliphatic carbocycles. The fourth-order valence-corrected chi connectivity index (χ4v) is 2.65. The second kappa shape index (κ2) is 8.63. The van der Waals surface area contributed by atoms with Gasteiger partial charge in [-0.3, -0.25) is 4.79 Å². The third kappa shape index (κ3) is 4.91. The van der Waals surface area contributed by atoms with Gasteiger partial charge in [-0.2, -0.15) is 0 Å². The van der Waals surface area contributed by atoms with Crippen LogP contribution in [0.2, 0.25) is 0 Å². The Hall–Kier alpha value is -1.75. The molecule has 5 nitrogen and oxygen atoms in total. The number of amides is 1. The average molecular weight is 306 g/mol. The molecule has 2 rings (SSSR count). The zero-order valence-electron chi connectivity index (χ0n) is 13.3. The maximum Gasteiger partial charge on any atom is 0.220 e. The van der Waals surface area contributed by atoms with Crippen molar-refractivity contribution in [2.45, 2.75) is 51.2 Å². The minimum absolute atomic E-state index is 0.0214. The highest BCUT2D eigenvalue weighted by molar-refractivity contribution is 5.75. The minimum atomic E-state index is 0.0214.